The van der Waals surface area contributed by atoms with Crippen molar-refractivity contribution in [3.63, 3.8) is 0 Å². The van der Waals surface area contributed by atoms with Crippen molar-refractivity contribution in [1.29, 1.82) is 0 Å². The third-order valence-electron chi connectivity index (χ3n) is 3.77. The topological polar surface area (TPSA) is 72.6 Å². The van der Waals surface area contributed by atoms with Gasteiger partial charge in [0.15, 0.2) is 6.61 Å². The number of hydrogen-bond acceptors (Lipinski definition) is 4. The lowest BCUT2D eigenvalue weighted by Gasteiger charge is -2.24. The molecule has 2 rings (SSSR count). The smallest absolute Gasteiger partial charge is 0.340 e. The fraction of sp³-hybridized carbons (Fsp3) is 0.500. The Morgan fingerprint density at radius 3 is 2.41 bits per heavy atom. The molecule has 0 saturated carbocycles. The SMILES string of the molecule is Nc1cc(F)ccc1C(=O)OCC(=O)N1CCCCCCC1. The number of likely N-dealkylation sites (tertiary alicyclic amines) is 1. The minimum atomic E-state index is -0.710. The summed E-state index contributed by atoms with van der Waals surface area (Å²) in [5.41, 5.74) is 5.65. The highest BCUT2D eigenvalue weighted by Crippen LogP contribution is 2.15. The molecule has 120 valence electrons. The summed E-state index contributed by atoms with van der Waals surface area (Å²) in [6.07, 6.45) is 5.40. The molecule has 0 aliphatic carbocycles. The van der Waals surface area contributed by atoms with Crippen molar-refractivity contribution in [1.82, 2.24) is 4.90 Å². The molecule has 1 aromatic rings. The van der Waals surface area contributed by atoms with E-state index in [0.717, 1.165) is 37.8 Å². The molecule has 0 radical (unpaired) electrons. The van der Waals surface area contributed by atoms with Gasteiger partial charge in [0.2, 0.25) is 0 Å². The molecule has 1 fully saturated rings. The van der Waals surface area contributed by atoms with Crippen LogP contribution in [-0.4, -0.2) is 36.5 Å². The van der Waals surface area contributed by atoms with E-state index < -0.39 is 11.8 Å². The number of nitrogen functional groups attached to an aromatic ring is 1. The van der Waals surface area contributed by atoms with Gasteiger partial charge in [-0.25, -0.2) is 9.18 Å². The fourth-order valence-electron chi connectivity index (χ4n) is 2.51. The van der Waals surface area contributed by atoms with Crippen molar-refractivity contribution in [2.24, 2.45) is 0 Å². The summed E-state index contributed by atoms with van der Waals surface area (Å²) in [4.78, 5) is 25.7. The molecule has 1 aliphatic heterocycles. The van der Waals surface area contributed by atoms with Crippen molar-refractivity contribution in [3.05, 3.63) is 29.6 Å². The minimum absolute atomic E-state index is 0.00343. The molecule has 1 aromatic carbocycles. The minimum Gasteiger partial charge on any atom is -0.452 e. The maximum absolute atomic E-state index is 12.9. The van der Waals surface area contributed by atoms with E-state index in [1.165, 1.54) is 12.5 Å². The quantitative estimate of drug-likeness (QED) is 0.687. The number of anilines is 1. The van der Waals surface area contributed by atoms with Crippen LogP contribution in [-0.2, 0) is 9.53 Å². The fourth-order valence-corrected chi connectivity index (χ4v) is 2.51. The van der Waals surface area contributed by atoms with Crippen LogP contribution in [0.2, 0.25) is 0 Å². The van der Waals surface area contributed by atoms with Crippen LogP contribution in [0.4, 0.5) is 10.1 Å². The Hall–Kier alpha value is -2.11. The lowest BCUT2D eigenvalue weighted by Crippen LogP contribution is -2.37. The highest BCUT2D eigenvalue weighted by Gasteiger charge is 2.18. The number of hydrogen-bond donors (Lipinski definition) is 1. The van der Waals surface area contributed by atoms with Crippen LogP contribution in [0.5, 0.6) is 0 Å². The summed E-state index contributed by atoms with van der Waals surface area (Å²) in [6.45, 7) is 1.10. The lowest BCUT2D eigenvalue weighted by molar-refractivity contribution is -0.134. The Bertz CT molecular complexity index is 540. The molecule has 1 amide bonds. The first-order valence-electron chi connectivity index (χ1n) is 7.58. The first-order valence-corrected chi connectivity index (χ1v) is 7.58. The van der Waals surface area contributed by atoms with E-state index in [4.69, 9.17) is 10.5 Å². The monoisotopic (exact) mass is 308 g/mol. The second kappa shape index (κ2) is 7.77. The zero-order chi connectivity index (χ0) is 15.9. The highest BCUT2D eigenvalue weighted by atomic mass is 19.1. The zero-order valence-electron chi connectivity index (χ0n) is 12.5. The van der Waals surface area contributed by atoms with E-state index in [-0.39, 0.29) is 23.8 Å². The summed E-state index contributed by atoms with van der Waals surface area (Å²) < 4.78 is 17.9. The van der Waals surface area contributed by atoms with Crippen LogP contribution in [0.15, 0.2) is 18.2 Å². The van der Waals surface area contributed by atoms with E-state index in [1.807, 2.05) is 0 Å². The van der Waals surface area contributed by atoms with Gasteiger partial charge in [-0.2, -0.15) is 0 Å². The summed E-state index contributed by atoms with van der Waals surface area (Å²) in [7, 11) is 0. The molecular weight excluding hydrogens is 287 g/mol. The van der Waals surface area contributed by atoms with Gasteiger partial charge in [0.05, 0.1) is 5.56 Å². The largest absolute Gasteiger partial charge is 0.452 e. The molecule has 1 heterocycles. The molecule has 1 saturated heterocycles. The Kier molecular flexibility index (Phi) is 5.75. The zero-order valence-corrected chi connectivity index (χ0v) is 12.5. The van der Waals surface area contributed by atoms with Crippen molar-refractivity contribution >= 4 is 17.6 Å². The number of esters is 1. The van der Waals surface area contributed by atoms with Gasteiger partial charge in [-0.1, -0.05) is 19.3 Å². The Balaban J connectivity index is 1.88. The van der Waals surface area contributed by atoms with Crippen molar-refractivity contribution in [2.75, 3.05) is 25.4 Å². The third kappa shape index (κ3) is 4.44. The van der Waals surface area contributed by atoms with E-state index >= 15 is 0 Å². The Labute approximate surface area is 129 Å². The van der Waals surface area contributed by atoms with Crippen LogP contribution in [0.3, 0.4) is 0 Å². The van der Waals surface area contributed by atoms with Crippen molar-refractivity contribution < 1.29 is 18.7 Å². The number of halogens is 1. The van der Waals surface area contributed by atoms with Gasteiger partial charge in [0.1, 0.15) is 5.82 Å². The second-order valence-electron chi connectivity index (χ2n) is 5.46. The molecule has 0 aromatic heterocycles. The van der Waals surface area contributed by atoms with Crippen LogP contribution in [0.1, 0.15) is 42.5 Å². The standard InChI is InChI=1S/C16H21FN2O3/c17-12-6-7-13(14(18)10-12)16(21)22-11-15(20)19-8-4-2-1-3-5-9-19/h6-7,10H,1-5,8-9,11,18H2. The predicted molar refractivity (Wildman–Crippen MR) is 80.8 cm³/mol. The first-order chi connectivity index (χ1) is 10.6. The Morgan fingerprint density at radius 2 is 1.77 bits per heavy atom. The van der Waals surface area contributed by atoms with Crippen molar-refractivity contribution in [2.45, 2.75) is 32.1 Å². The van der Waals surface area contributed by atoms with Crippen LogP contribution in [0, 0.1) is 5.82 Å². The average Bonchev–Trinajstić information content (AvgIpc) is 2.44. The number of amides is 1. The predicted octanol–water partition coefficient (Wildman–Crippen LogP) is 2.36. The molecular formula is C16H21FN2O3. The van der Waals surface area contributed by atoms with Crippen LogP contribution in [0.25, 0.3) is 0 Å². The molecule has 0 atom stereocenters. The van der Waals surface area contributed by atoms with Gasteiger partial charge in [-0.3, -0.25) is 4.79 Å². The third-order valence-corrected chi connectivity index (χ3v) is 3.77. The number of carbonyl (C=O) groups is 2. The van der Waals surface area contributed by atoms with Gasteiger partial charge in [0.25, 0.3) is 5.91 Å². The number of nitrogens with two attached hydrogens (primary N) is 1. The molecule has 2 N–H and O–H groups in total. The number of nitrogens with zero attached hydrogens (tertiary/aromatic N) is 1. The maximum atomic E-state index is 12.9. The van der Waals surface area contributed by atoms with E-state index in [1.54, 1.807) is 4.90 Å². The lowest BCUT2D eigenvalue weighted by atomic mass is 10.1. The number of rotatable bonds is 3. The van der Waals surface area contributed by atoms with Gasteiger partial charge >= 0.3 is 5.97 Å². The highest BCUT2D eigenvalue weighted by molar-refractivity contribution is 5.96. The van der Waals surface area contributed by atoms with E-state index in [9.17, 15) is 14.0 Å². The van der Waals surface area contributed by atoms with Crippen LogP contribution < -0.4 is 5.73 Å². The molecule has 5 nitrogen and oxygen atoms in total. The summed E-state index contributed by atoms with van der Waals surface area (Å²) in [6, 6.07) is 3.44. The van der Waals surface area contributed by atoms with Gasteiger partial charge in [-0.05, 0) is 31.0 Å². The number of carbonyl (C=O) groups excluding carboxylic acids is 2. The summed E-state index contributed by atoms with van der Waals surface area (Å²) in [5, 5.41) is 0. The van der Waals surface area contributed by atoms with E-state index in [2.05, 4.69) is 0 Å². The van der Waals surface area contributed by atoms with Crippen molar-refractivity contribution in [3.8, 4) is 0 Å². The molecule has 22 heavy (non-hydrogen) atoms. The van der Waals surface area contributed by atoms with Crippen LogP contribution >= 0.6 is 0 Å². The molecule has 0 bridgehead atoms. The molecule has 1 aliphatic rings. The average molecular weight is 308 g/mol. The normalized spacial score (nSPS) is 15.8. The van der Waals surface area contributed by atoms with Gasteiger partial charge in [-0.15, -0.1) is 0 Å². The van der Waals surface area contributed by atoms with Gasteiger partial charge in [0, 0.05) is 18.8 Å². The number of ether oxygens (including phenoxy) is 1. The first kappa shape index (κ1) is 16.3. The molecule has 0 unspecified atom stereocenters. The Morgan fingerprint density at radius 1 is 1.14 bits per heavy atom. The summed E-state index contributed by atoms with van der Waals surface area (Å²) >= 11 is 0. The molecule has 0 spiro atoms. The molecule has 6 heteroatoms. The summed E-state index contributed by atoms with van der Waals surface area (Å²) in [5.74, 6) is -1.43. The van der Waals surface area contributed by atoms with Gasteiger partial charge < -0.3 is 15.4 Å². The number of benzene rings is 1. The second-order valence-corrected chi connectivity index (χ2v) is 5.46. The maximum Gasteiger partial charge on any atom is 0.340 e. The van der Waals surface area contributed by atoms with E-state index in [0.29, 0.717) is 13.1 Å².